The quantitative estimate of drug-likeness (QED) is 0.527. The van der Waals surface area contributed by atoms with Gasteiger partial charge in [-0.3, -0.25) is 4.90 Å². The van der Waals surface area contributed by atoms with Gasteiger partial charge in [0.2, 0.25) is 0 Å². The van der Waals surface area contributed by atoms with Gasteiger partial charge in [0.15, 0.2) is 0 Å². The molecule has 0 bridgehead atoms. The van der Waals surface area contributed by atoms with Crippen LogP contribution in [0, 0.1) is 0 Å². The summed E-state index contributed by atoms with van der Waals surface area (Å²) in [7, 11) is 0. The first-order chi connectivity index (χ1) is 5.95. The Labute approximate surface area is 72.2 Å². The number of amides is 1. The molecular weight excluding hydrogens is 182 g/mol. The molecule has 7 heteroatoms. The Hall–Kier alpha value is -1.79. The van der Waals surface area contributed by atoms with Gasteiger partial charge in [0.05, 0.1) is 0 Å². The predicted octanol–water partition coefficient (Wildman–Crippen LogP) is -0.723. The summed E-state index contributed by atoms with van der Waals surface area (Å²) in [5, 5.41) is 25.4. The molecule has 1 rings (SSSR count). The van der Waals surface area contributed by atoms with Gasteiger partial charge in [-0.15, -0.1) is 0 Å². The second-order valence-electron chi connectivity index (χ2n) is 2.63. The average Bonchev–Trinajstić information content (AvgIpc) is 1.79. The van der Waals surface area contributed by atoms with E-state index < -0.39 is 30.1 Å². The first-order valence-corrected chi connectivity index (χ1v) is 3.42. The molecule has 0 aromatic heterocycles. The maximum atomic E-state index is 10.4. The van der Waals surface area contributed by atoms with Crippen LogP contribution in [0.25, 0.3) is 0 Å². The van der Waals surface area contributed by atoms with Crippen LogP contribution in [0.15, 0.2) is 0 Å². The van der Waals surface area contributed by atoms with Crippen molar-refractivity contribution in [3.05, 3.63) is 0 Å². The lowest BCUT2D eigenvalue weighted by Crippen LogP contribution is -2.64. The minimum absolute atomic E-state index is 0.170. The number of carbonyl (C=O) groups is 3. The smallest absolute Gasteiger partial charge is 0.408 e. The fourth-order valence-corrected chi connectivity index (χ4v) is 1.22. The molecule has 1 aliphatic rings. The molecule has 7 nitrogen and oxygen atoms in total. The molecule has 0 radical (unpaired) electrons. The topological polar surface area (TPSA) is 115 Å². The molecule has 13 heavy (non-hydrogen) atoms. The highest BCUT2D eigenvalue weighted by molar-refractivity contribution is 5.89. The Bertz CT molecular complexity index is 254. The standard InChI is InChI=1S/C6H7NO6/c8-4(9)2-1-3(5(10)11)7(2)6(12)13/h2-3H,1H2,(H,8,9)(H,10,11)(H,12,13)/t2-,3-/m1/s1. The molecule has 0 spiro atoms. The second-order valence-corrected chi connectivity index (χ2v) is 2.63. The minimum atomic E-state index is -1.52. The third kappa shape index (κ3) is 1.40. The lowest BCUT2D eigenvalue weighted by atomic mass is 9.94. The number of likely N-dealkylation sites (tertiary alicyclic amines) is 1. The summed E-state index contributed by atoms with van der Waals surface area (Å²) in [6.45, 7) is 0. The Morgan fingerprint density at radius 1 is 1.00 bits per heavy atom. The molecule has 1 fully saturated rings. The molecule has 1 amide bonds. The molecule has 1 saturated heterocycles. The normalized spacial score (nSPS) is 26.3. The van der Waals surface area contributed by atoms with Gasteiger partial charge in [-0.05, 0) is 0 Å². The van der Waals surface area contributed by atoms with Crippen molar-refractivity contribution in [1.29, 1.82) is 0 Å². The zero-order valence-corrected chi connectivity index (χ0v) is 6.38. The predicted molar refractivity (Wildman–Crippen MR) is 37.3 cm³/mol. The third-order valence-electron chi connectivity index (χ3n) is 1.91. The summed E-state index contributed by atoms with van der Waals surface area (Å²) in [5.41, 5.74) is 0. The van der Waals surface area contributed by atoms with E-state index >= 15 is 0 Å². The van der Waals surface area contributed by atoms with Crippen molar-refractivity contribution in [2.75, 3.05) is 0 Å². The van der Waals surface area contributed by atoms with Gasteiger partial charge in [-0.25, -0.2) is 14.4 Å². The molecule has 1 heterocycles. The van der Waals surface area contributed by atoms with Crippen LogP contribution in [0.4, 0.5) is 4.79 Å². The van der Waals surface area contributed by atoms with Crippen LogP contribution in [0.1, 0.15) is 6.42 Å². The second kappa shape index (κ2) is 2.92. The highest BCUT2D eigenvalue weighted by Crippen LogP contribution is 2.26. The number of aliphatic carboxylic acids is 2. The van der Waals surface area contributed by atoms with Gasteiger partial charge in [-0.2, -0.15) is 0 Å². The number of carboxylic acid groups (broad SMARTS) is 3. The van der Waals surface area contributed by atoms with Gasteiger partial charge in [0.25, 0.3) is 0 Å². The molecule has 2 atom stereocenters. The van der Waals surface area contributed by atoms with Crippen LogP contribution in [0.2, 0.25) is 0 Å². The minimum Gasteiger partial charge on any atom is -0.480 e. The Morgan fingerprint density at radius 2 is 1.38 bits per heavy atom. The monoisotopic (exact) mass is 189 g/mol. The summed E-state index contributed by atoms with van der Waals surface area (Å²) >= 11 is 0. The van der Waals surface area contributed by atoms with E-state index in [0.29, 0.717) is 4.90 Å². The van der Waals surface area contributed by atoms with E-state index in [1.165, 1.54) is 0 Å². The Kier molecular flexibility index (Phi) is 2.09. The van der Waals surface area contributed by atoms with Gasteiger partial charge in [0, 0.05) is 6.42 Å². The number of carboxylic acids is 2. The van der Waals surface area contributed by atoms with Crippen molar-refractivity contribution in [3.8, 4) is 0 Å². The highest BCUT2D eigenvalue weighted by Gasteiger charge is 2.50. The zero-order chi connectivity index (χ0) is 10.2. The van der Waals surface area contributed by atoms with Crippen LogP contribution in [0.3, 0.4) is 0 Å². The van der Waals surface area contributed by atoms with Crippen LogP contribution < -0.4 is 0 Å². The van der Waals surface area contributed by atoms with Crippen molar-refractivity contribution < 1.29 is 29.7 Å². The number of hydrogen-bond donors (Lipinski definition) is 3. The summed E-state index contributed by atoms with van der Waals surface area (Å²) in [6.07, 6.45) is -1.69. The van der Waals surface area contributed by atoms with Gasteiger partial charge in [0.1, 0.15) is 12.1 Å². The van der Waals surface area contributed by atoms with E-state index in [-0.39, 0.29) is 6.42 Å². The number of rotatable bonds is 2. The van der Waals surface area contributed by atoms with Crippen molar-refractivity contribution in [1.82, 2.24) is 4.90 Å². The molecule has 0 aromatic carbocycles. The number of hydrogen-bond acceptors (Lipinski definition) is 3. The third-order valence-corrected chi connectivity index (χ3v) is 1.91. The maximum Gasteiger partial charge on any atom is 0.408 e. The summed E-state index contributed by atoms with van der Waals surface area (Å²) in [6, 6.07) is -2.45. The van der Waals surface area contributed by atoms with Crippen LogP contribution in [-0.4, -0.2) is 50.3 Å². The molecular formula is C6H7NO6. The maximum absolute atomic E-state index is 10.4. The molecule has 72 valence electrons. The number of nitrogens with zero attached hydrogens (tertiary/aromatic N) is 1. The summed E-state index contributed by atoms with van der Waals surface area (Å²) < 4.78 is 0. The largest absolute Gasteiger partial charge is 0.480 e. The van der Waals surface area contributed by atoms with Crippen molar-refractivity contribution >= 4 is 18.0 Å². The van der Waals surface area contributed by atoms with E-state index in [9.17, 15) is 14.4 Å². The van der Waals surface area contributed by atoms with E-state index in [1.807, 2.05) is 0 Å². The lowest BCUT2D eigenvalue weighted by molar-refractivity contribution is -0.160. The molecule has 0 aromatic rings. The van der Waals surface area contributed by atoms with E-state index in [2.05, 4.69) is 0 Å². The van der Waals surface area contributed by atoms with E-state index in [1.54, 1.807) is 0 Å². The van der Waals surface area contributed by atoms with E-state index in [0.717, 1.165) is 0 Å². The molecule has 0 aliphatic carbocycles. The summed E-state index contributed by atoms with van der Waals surface area (Å²) in [5.74, 6) is -2.64. The first kappa shape index (κ1) is 9.30. The fourth-order valence-electron chi connectivity index (χ4n) is 1.22. The van der Waals surface area contributed by atoms with E-state index in [4.69, 9.17) is 15.3 Å². The molecule has 3 N–H and O–H groups in total. The average molecular weight is 189 g/mol. The SMILES string of the molecule is O=C(O)[C@H]1C[C@H](C(=O)O)N1C(=O)O. The molecule has 0 saturated carbocycles. The van der Waals surface area contributed by atoms with Gasteiger partial charge < -0.3 is 15.3 Å². The highest BCUT2D eigenvalue weighted by atomic mass is 16.4. The first-order valence-electron chi connectivity index (χ1n) is 3.42. The fraction of sp³-hybridized carbons (Fsp3) is 0.500. The van der Waals surface area contributed by atoms with Crippen LogP contribution in [-0.2, 0) is 9.59 Å². The van der Waals surface area contributed by atoms with Gasteiger partial charge in [-0.1, -0.05) is 0 Å². The molecule has 1 aliphatic heterocycles. The Morgan fingerprint density at radius 3 is 1.62 bits per heavy atom. The van der Waals surface area contributed by atoms with Crippen LogP contribution in [0.5, 0.6) is 0 Å². The zero-order valence-electron chi connectivity index (χ0n) is 6.38. The lowest BCUT2D eigenvalue weighted by Gasteiger charge is -2.41. The molecule has 0 unspecified atom stereocenters. The Balaban J connectivity index is 2.74. The van der Waals surface area contributed by atoms with Crippen molar-refractivity contribution in [2.24, 2.45) is 0 Å². The van der Waals surface area contributed by atoms with Gasteiger partial charge >= 0.3 is 18.0 Å². The van der Waals surface area contributed by atoms with Crippen molar-refractivity contribution in [2.45, 2.75) is 18.5 Å². The van der Waals surface area contributed by atoms with Crippen LogP contribution >= 0.6 is 0 Å². The summed E-state index contributed by atoms with van der Waals surface area (Å²) in [4.78, 5) is 31.6. The van der Waals surface area contributed by atoms with Crippen molar-refractivity contribution in [3.63, 3.8) is 0 Å².